The van der Waals surface area contributed by atoms with Crippen LogP contribution in [0.15, 0.2) is 81.0 Å². The van der Waals surface area contributed by atoms with Gasteiger partial charge >= 0.3 is 5.88 Å². The number of hydrogen-bond donors (Lipinski definition) is 0. The summed E-state index contributed by atoms with van der Waals surface area (Å²) in [4.78, 5) is 23.2. The summed E-state index contributed by atoms with van der Waals surface area (Å²) in [6.45, 7) is 5.88. The van der Waals surface area contributed by atoms with Crippen molar-refractivity contribution in [3.8, 4) is 0 Å². The fourth-order valence-electron chi connectivity index (χ4n) is 3.14. The molecule has 2 aromatic carbocycles. The molecule has 0 atom stereocenters. The van der Waals surface area contributed by atoms with Crippen molar-refractivity contribution in [2.24, 2.45) is 9.98 Å². The molecule has 0 saturated carbocycles. The molecule has 0 N–H and O–H groups in total. The van der Waals surface area contributed by atoms with Gasteiger partial charge in [0.2, 0.25) is 5.27 Å². The number of carbonyl (C=O) groups excluding carboxylic acids is 1. The lowest BCUT2D eigenvalue weighted by Crippen LogP contribution is -2.36. The first kappa shape index (κ1) is 22.5. The standard InChI is InChI=1S/C24H23N5O3S/c1-16(2)28-14-22(32-27-28)26-21(30)15-33-24-25-20(13-18-9-7-8-17(3)12-18)23(31)29(24)19-10-5-4-6-11-19/h4-14,16H,15H2,1-3H3/b20-13+. The SMILES string of the molecule is Cc1cccc(/C=C2/N=C(SC/C([O-])=N\c3c[n+](C(C)C)no3)N(c3ccccc3)C2=O)c1. The average molecular weight is 462 g/mol. The van der Waals surface area contributed by atoms with Crippen molar-refractivity contribution in [2.75, 3.05) is 10.7 Å². The maximum absolute atomic E-state index is 13.2. The Balaban J connectivity index is 1.58. The zero-order chi connectivity index (χ0) is 23.4. The number of benzene rings is 2. The number of aromatic nitrogens is 2. The fraction of sp³-hybridized carbons (Fsp3) is 0.208. The van der Waals surface area contributed by atoms with Crippen LogP contribution in [0.5, 0.6) is 0 Å². The van der Waals surface area contributed by atoms with Crippen molar-refractivity contribution in [3.05, 3.63) is 77.6 Å². The second-order valence-corrected chi connectivity index (χ2v) is 8.66. The summed E-state index contributed by atoms with van der Waals surface area (Å²) >= 11 is 1.15. The highest BCUT2D eigenvalue weighted by atomic mass is 32.2. The van der Waals surface area contributed by atoms with E-state index in [0.717, 1.165) is 22.9 Å². The molecule has 1 aromatic heterocycles. The number of amides is 1. The van der Waals surface area contributed by atoms with E-state index in [0.29, 0.717) is 16.6 Å². The van der Waals surface area contributed by atoms with Crippen LogP contribution < -0.4 is 14.7 Å². The van der Waals surface area contributed by atoms with Crippen molar-refractivity contribution in [1.82, 2.24) is 5.27 Å². The number of aryl methyl sites for hydroxylation is 1. The number of anilines is 1. The number of amidine groups is 1. The second kappa shape index (κ2) is 9.83. The summed E-state index contributed by atoms with van der Waals surface area (Å²) in [6, 6.07) is 17.2. The highest BCUT2D eigenvalue weighted by molar-refractivity contribution is 8.14. The van der Waals surface area contributed by atoms with Crippen LogP contribution >= 0.6 is 11.8 Å². The highest BCUT2D eigenvalue weighted by Crippen LogP contribution is 2.29. The molecule has 1 aliphatic rings. The van der Waals surface area contributed by atoms with E-state index in [-0.39, 0.29) is 23.6 Å². The molecule has 0 saturated heterocycles. The van der Waals surface area contributed by atoms with E-state index in [9.17, 15) is 9.90 Å². The molecule has 1 amide bonds. The lowest BCUT2D eigenvalue weighted by atomic mass is 10.1. The van der Waals surface area contributed by atoms with Crippen molar-refractivity contribution in [1.29, 1.82) is 0 Å². The van der Waals surface area contributed by atoms with Gasteiger partial charge < -0.3 is 5.11 Å². The monoisotopic (exact) mass is 461 g/mol. The summed E-state index contributed by atoms with van der Waals surface area (Å²) in [5.74, 6) is -0.525. The van der Waals surface area contributed by atoms with Crippen LogP contribution in [-0.4, -0.2) is 28.0 Å². The fourth-order valence-corrected chi connectivity index (χ4v) is 3.94. The van der Waals surface area contributed by atoms with E-state index < -0.39 is 5.90 Å². The third-order valence-corrected chi connectivity index (χ3v) is 5.67. The van der Waals surface area contributed by atoms with Gasteiger partial charge in [-0.25, -0.2) is 9.98 Å². The van der Waals surface area contributed by atoms with Gasteiger partial charge in [0, 0.05) is 5.75 Å². The minimum Gasteiger partial charge on any atom is -0.861 e. The van der Waals surface area contributed by atoms with Gasteiger partial charge in [-0.2, -0.15) is 0 Å². The van der Waals surface area contributed by atoms with Crippen molar-refractivity contribution in [2.45, 2.75) is 26.8 Å². The molecule has 1 aliphatic heterocycles. The Hall–Kier alpha value is -3.72. The van der Waals surface area contributed by atoms with E-state index in [1.165, 1.54) is 4.90 Å². The predicted molar refractivity (Wildman–Crippen MR) is 127 cm³/mol. The molecule has 0 radical (unpaired) electrons. The van der Waals surface area contributed by atoms with Crippen LogP contribution in [0.1, 0.15) is 31.0 Å². The number of nitrogens with zero attached hydrogens (tertiary/aromatic N) is 5. The van der Waals surface area contributed by atoms with E-state index in [1.54, 1.807) is 17.0 Å². The molecular formula is C24H23N5O3S. The molecule has 0 bridgehead atoms. The molecule has 2 heterocycles. The second-order valence-electron chi connectivity index (χ2n) is 7.72. The summed E-state index contributed by atoms with van der Waals surface area (Å²) < 4.78 is 6.66. The molecule has 33 heavy (non-hydrogen) atoms. The highest BCUT2D eigenvalue weighted by Gasteiger charge is 2.31. The number of thioether (sulfide) groups is 1. The van der Waals surface area contributed by atoms with Gasteiger partial charge in [0.25, 0.3) is 12.1 Å². The molecule has 0 unspecified atom stereocenters. The summed E-state index contributed by atoms with van der Waals surface area (Å²) in [5, 5.41) is 16.7. The molecule has 9 heteroatoms. The van der Waals surface area contributed by atoms with Crippen LogP contribution in [0.3, 0.4) is 0 Å². The smallest absolute Gasteiger partial charge is 0.320 e. The van der Waals surface area contributed by atoms with Crippen LogP contribution in [0.2, 0.25) is 0 Å². The lowest BCUT2D eigenvalue weighted by Gasteiger charge is -2.18. The quantitative estimate of drug-likeness (QED) is 0.242. The van der Waals surface area contributed by atoms with Gasteiger partial charge in [0.15, 0.2) is 11.2 Å². The van der Waals surface area contributed by atoms with E-state index >= 15 is 0 Å². The zero-order valence-electron chi connectivity index (χ0n) is 18.5. The first-order valence-electron chi connectivity index (χ1n) is 10.4. The lowest BCUT2D eigenvalue weighted by molar-refractivity contribution is -0.779. The normalized spacial score (nSPS) is 15.6. The Bertz CT molecular complexity index is 1250. The average Bonchev–Trinajstić information content (AvgIpc) is 3.38. The summed E-state index contributed by atoms with van der Waals surface area (Å²) in [7, 11) is 0. The number of aliphatic imine (C=N–C) groups is 2. The number of rotatable bonds is 6. The summed E-state index contributed by atoms with van der Waals surface area (Å²) in [5.41, 5.74) is 2.96. The molecule has 0 spiro atoms. The largest absolute Gasteiger partial charge is 0.861 e. The zero-order valence-corrected chi connectivity index (χ0v) is 19.3. The number of hydrogen-bond acceptors (Lipinski definition) is 7. The van der Waals surface area contributed by atoms with Crippen molar-refractivity contribution in [3.63, 3.8) is 0 Å². The Morgan fingerprint density at radius 1 is 1.24 bits per heavy atom. The predicted octanol–water partition coefficient (Wildman–Crippen LogP) is 3.42. The third-order valence-electron chi connectivity index (χ3n) is 4.75. The van der Waals surface area contributed by atoms with Crippen LogP contribution in [-0.2, 0) is 4.79 Å². The summed E-state index contributed by atoms with van der Waals surface area (Å²) in [6.07, 6.45) is 3.33. The van der Waals surface area contributed by atoms with Gasteiger partial charge in [-0.15, -0.1) is 0 Å². The van der Waals surface area contributed by atoms with Crippen LogP contribution in [0.25, 0.3) is 6.08 Å². The minimum absolute atomic E-state index is 0.00441. The number of para-hydroxylation sites is 1. The maximum Gasteiger partial charge on any atom is 0.320 e. The van der Waals surface area contributed by atoms with Gasteiger partial charge in [-0.3, -0.25) is 14.2 Å². The Labute approximate surface area is 195 Å². The van der Waals surface area contributed by atoms with E-state index in [2.05, 4.69) is 15.3 Å². The van der Waals surface area contributed by atoms with Crippen molar-refractivity contribution >= 4 is 46.4 Å². The van der Waals surface area contributed by atoms with Crippen LogP contribution in [0.4, 0.5) is 11.6 Å². The molecular weight excluding hydrogens is 438 g/mol. The van der Waals surface area contributed by atoms with E-state index in [1.807, 2.05) is 75.4 Å². The Morgan fingerprint density at radius 2 is 2.03 bits per heavy atom. The Kier molecular flexibility index (Phi) is 6.69. The van der Waals surface area contributed by atoms with Gasteiger partial charge in [0.1, 0.15) is 5.70 Å². The molecule has 3 aromatic rings. The molecule has 168 valence electrons. The molecule has 8 nitrogen and oxygen atoms in total. The van der Waals surface area contributed by atoms with Crippen LogP contribution in [0, 0.1) is 6.92 Å². The van der Waals surface area contributed by atoms with Gasteiger partial charge in [0.05, 0.1) is 5.69 Å². The third kappa shape index (κ3) is 5.38. The molecule has 0 aliphatic carbocycles. The molecule has 0 fully saturated rings. The van der Waals surface area contributed by atoms with Gasteiger partial charge in [-0.1, -0.05) is 59.8 Å². The number of carbonyl (C=O) groups is 1. The first-order valence-corrected chi connectivity index (χ1v) is 11.4. The maximum atomic E-state index is 13.2. The van der Waals surface area contributed by atoms with Gasteiger partial charge in [-0.05, 0) is 55.1 Å². The Morgan fingerprint density at radius 3 is 2.73 bits per heavy atom. The minimum atomic E-state index is -0.411. The van der Waals surface area contributed by atoms with E-state index in [4.69, 9.17) is 4.52 Å². The first-order chi connectivity index (χ1) is 15.9. The van der Waals surface area contributed by atoms with Crippen molar-refractivity contribution < 1.29 is 19.1 Å². The topological polar surface area (TPSA) is 98.0 Å². The molecule has 4 rings (SSSR count).